The molecule has 0 aliphatic carbocycles. The molecule has 0 bridgehead atoms. The fourth-order valence-electron chi connectivity index (χ4n) is 3.33. The number of hydrogen-bond donors (Lipinski definition) is 2. The maximum absolute atomic E-state index is 13.4. The van der Waals surface area contributed by atoms with Gasteiger partial charge in [-0.3, -0.25) is 9.78 Å². The molecular formula is C19H20FN5O2S. The molecule has 3 aromatic heterocycles. The van der Waals surface area contributed by atoms with Gasteiger partial charge >= 0.3 is 0 Å². The van der Waals surface area contributed by atoms with Crippen molar-refractivity contribution in [3.8, 4) is 0 Å². The summed E-state index contributed by atoms with van der Waals surface area (Å²) in [5.41, 5.74) is 1.70. The van der Waals surface area contributed by atoms with Gasteiger partial charge in [0.1, 0.15) is 5.82 Å². The number of halogens is 1. The minimum atomic E-state index is -0.413. The lowest BCUT2D eigenvalue weighted by atomic mass is 10.1. The molecule has 0 spiro atoms. The molecule has 1 fully saturated rings. The zero-order valence-corrected chi connectivity index (χ0v) is 16.1. The molecule has 0 unspecified atom stereocenters. The fraction of sp³-hybridized carbons (Fsp3) is 0.368. The van der Waals surface area contributed by atoms with Gasteiger partial charge in [0.05, 0.1) is 22.5 Å². The second-order valence-corrected chi connectivity index (χ2v) is 7.84. The highest BCUT2D eigenvalue weighted by molar-refractivity contribution is 7.17. The summed E-state index contributed by atoms with van der Waals surface area (Å²) in [5, 5.41) is 14.4. The van der Waals surface area contributed by atoms with Crippen LogP contribution in [0.3, 0.4) is 0 Å². The fourth-order valence-corrected chi connectivity index (χ4v) is 4.14. The van der Waals surface area contributed by atoms with Crippen molar-refractivity contribution in [3.63, 3.8) is 0 Å². The van der Waals surface area contributed by atoms with Gasteiger partial charge in [0, 0.05) is 31.8 Å². The van der Waals surface area contributed by atoms with Crippen LogP contribution >= 0.6 is 11.3 Å². The Balaban J connectivity index is 1.63. The van der Waals surface area contributed by atoms with Gasteiger partial charge in [0.25, 0.3) is 5.91 Å². The predicted octanol–water partition coefficient (Wildman–Crippen LogP) is 2.85. The van der Waals surface area contributed by atoms with E-state index in [0.29, 0.717) is 35.8 Å². The molecule has 3 aromatic rings. The maximum atomic E-state index is 13.4. The number of thiophene rings is 1. The van der Waals surface area contributed by atoms with Gasteiger partial charge in [-0.15, -0.1) is 11.3 Å². The number of hydrogen-bond acceptors (Lipinski definition) is 7. The maximum Gasteiger partial charge on any atom is 0.274 e. The van der Waals surface area contributed by atoms with E-state index in [1.54, 1.807) is 11.1 Å². The lowest BCUT2D eigenvalue weighted by Gasteiger charge is -2.18. The molecule has 1 aliphatic rings. The zero-order chi connectivity index (χ0) is 19.7. The SMILES string of the molecule is C[C@H](Nc1nc(C(=O)N2CC[C@@H](CO)C2)c2sccc2n1)c1cncc(F)c1. The highest BCUT2D eigenvalue weighted by atomic mass is 32.1. The second-order valence-electron chi connectivity index (χ2n) is 6.92. The van der Waals surface area contributed by atoms with Gasteiger partial charge in [-0.1, -0.05) is 0 Å². The van der Waals surface area contributed by atoms with E-state index >= 15 is 0 Å². The molecule has 1 amide bonds. The van der Waals surface area contributed by atoms with Crippen molar-refractivity contribution in [1.29, 1.82) is 0 Å². The molecule has 0 radical (unpaired) electrons. The van der Waals surface area contributed by atoms with Crippen LogP contribution in [0.5, 0.6) is 0 Å². The first-order valence-electron chi connectivity index (χ1n) is 9.07. The van der Waals surface area contributed by atoms with Crippen LogP contribution in [0.1, 0.15) is 35.4 Å². The molecule has 0 aromatic carbocycles. The van der Waals surface area contributed by atoms with E-state index in [1.807, 2.05) is 18.4 Å². The summed E-state index contributed by atoms with van der Waals surface area (Å²) in [7, 11) is 0. The number of nitrogens with zero attached hydrogens (tertiary/aromatic N) is 4. The Hall–Kier alpha value is -2.65. The highest BCUT2D eigenvalue weighted by Crippen LogP contribution is 2.28. The molecule has 146 valence electrons. The standard InChI is InChI=1S/C19H20FN5O2S/c1-11(13-6-14(20)8-21-7-13)22-19-23-15-3-5-28-17(15)16(24-19)18(27)25-4-2-12(9-25)10-26/h3,5-8,11-12,26H,2,4,9-10H2,1H3,(H,22,23,24)/t11-,12+/m0/s1. The summed E-state index contributed by atoms with van der Waals surface area (Å²) < 4.78 is 14.2. The van der Waals surface area contributed by atoms with E-state index in [2.05, 4.69) is 20.3 Å². The molecule has 7 nitrogen and oxygen atoms in total. The van der Waals surface area contributed by atoms with Crippen molar-refractivity contribution in [2.24, 2.45) is 5.92 Å². The van der Waals surface area contributed by atoms with Crippen LogP contribution in [0.15, 0.2) is 29.9 Å². The number of nitrogens with one attached hydrogen (secondary N) is 1. The van der Waals surface area contributed by atoms with Gasteiger partial charge < -0.3 is 15.3 Å². The third kappa shape index (κ3) is 3.67. The number of carbonyl (C=O) groups is 1. The Morgan fingerprint density at radius 3 is 3.07 bits per heavy atom. The number of pyridine rings is 1. The third-order valence-corrected chi connectivity index (χ3v) is 5.82. The van der Waals surface area contributed by atoms with Crippen LogP contribution in [0, 0.1) is 11.7 Å². The minimum Gasteiger partial charge on any atom is -0.396 e. The molecule has 4 rings (SSSR count). The average Bonchev–Trinajstić information content (AvgIpc) is 3.36. The van der Waals surface area contributed by atoms with Crippen molar-refractivity contribution in [3.05, 3.63) is 47.0 Å². The van der Waals surface area contributed by atoms with Crippen LogP contribution in [-0.2, 0) is 0 Å². The molecule has 1 aliphatic heterocycles. The number of anilines is 1. The molecule has 2 atom stereocenters. The molecule has 9 heteroatoms. The number of amides is 1. The quantitative estimate of drug-likeness (QED) is 0.683. The summed E-state index contributed by atoms with van der Waals surface area (Å²) in [4.78, 5) is 27.6. The van der Waals surface area contributed by atoms with Gasteiger partial charge in [-0.2, -0.15) is 0 Å². The Kier molecular flexibility index (Phi) is 5.19. The summed E-state index contributed by atoms with van der Waals surface area (Å²) in [6, 6.07) is 2.96. The molecular weight excluding hydrogens is 381 g/mol. The first kappa shape index (κ1) is 18.7. The molecule has 0 saturated carbocycles. The monoisotopic (exact) mass is 401 g/mol. The number of aliphatic hydroxyl groups excluding tert-OH is 1. The second kappa shape index (κ2) is 7.76. The van der Waals surface area contributed by atoms with E-state index in [1.165, 1.54) is 17.4 Å². The van der Waals surface area contributed by atoms with E-state index in [-0.39, 0.29) is 24.5 Å². The first-order chi connectivity index (χ1) is 13.5. The minimum absolute atomic E-state index is 0.0773. The number of aliphatic hydroxyl groups is 1. The number of fused-ring (bicyclic) bond motifs is 1. The van der Waals surface area contributed by atoms with Crippen LogP contribution < -0.4 is 5.32 Å². The molecule has 4 heterocycles. The van der Waals surface area contributed by atoms with Crippen LogP contribution in [0.25, 0.3) is 10.2 Å². The Bertz CT molecular complexity index is 1010. The Morgan fingerprint density at radius 2 is 2.32 bits per heavy atom. The van der Waals surface area contributed by atoms with E-state index in [0.717, 1.165) is 17.3 Å². The van der Waals surface area contributed by atoms with E-state index in [9.17, 15) is 14.3 Å². The lowest BCUT2D eigenvalue weighted by Crippen LogP contribution is -2.30. The topological polar surface area (TPSA) is 91.2 Å². The molecule has 28 heavy (non-hydrogen) atoms. The number of carbonyl (C=O) groups excluding carboxylic acids is 1. The van der Waals surface area contributed by atoms with E-state index in [4.69, 9.17) is 0 Å². The van der Waals surface area contributed by atoms with Gasteiger partial charge in [0.15, 0.2) is 5.69 Å². The van der Waals surface area contributed by atoms with Crippen LogP contribution in [0.4, 0.5) is 10.3 Å². The normalized spacial score (nSPS) is 17.8. The number of likely N-dealkylation sites (tertiary alicyclic amines) is 1. The zero-order valence-electron chi connectivity index (χ0n) is 15.3. The van der Waals surface area contributed by atoms with Crippen LogP contribution in [0.2, 0.25) is 0 Å². The van der Waals surface area contributed by atoms with Crippen LogP contribution in [-0.4, -0.2) is 50.6 Å². The van der Waals surface area contributed by atoms with Crippen molar-refractivity contribution in [2.45, 2.75) is 19.4 Å². The highest BCUT2D eigenvalue weighted by Gasteiger charge is 2.29. The summed E-state index contributed by atoms with van der Waals surface area (Å²) in [6.07, 6.45) is 3.52. The van der Waals surface area contributed by atoms with Crippen molar-refractivity contribution in [2.75, 3.05) is 25.0 Å². The van der Waals surface area contributed by atoms with Gasteiger partial charge in [-0.05, 0) is 36.4 Å². The third-order valence-electron chi connectivity index (χ3n) is 4.91. The Labute approximate surface area is 165 Å². The predicted molar refractivity (Wildman–Crippen MR) is 105 cm³/mol. The lowest BCUT2D eigenvalue weighted by molar-refractivity contribution is 0.0778. The summed E-state index contributed by atoms with van der Waals surface area (Å²) in [5.74, 6) is -0.149. The van der Waals surface area contributed by atoms with E-state index < -0.39 is 5.82 Å². The average molecular weight is 401 g/mol. The van der Waals surface area contributed by atoms with Crippen molar-refractivity contribution < 1.29 is 14.3 Å². The summed E-state index contributed by atoms with van der Waals surface area (Å²) in [6.45, 7) is 3.06. The largest absolute Gasteiger partial charge is 0.396 e. The van der Waals surface area contributed by atoms with Gasteiger partial charge in [0.2, 0.25) is 5.95 Å². The molecule has 2 N–H and O–H groups in total. The Morgan fingerprint density at radius 1 is 1.46 bits per heavy atom. The number of rotatable bonds is 5. The first-order valence-corrected chi connectivity index (χ1v) is 9.95. The number of aromatic nitrogens is 3. The summed E-state index contributed by atoms with van der Waals surface area (Å²) >= 11 is 1.42. The van der Waals surface area contributed by atoms with Crippen molar-refractivity contribution in [1.82, 2.24) is 19.9 Å². The van der Waals surface area contributed by atoms with Gasteiger partial charge in [-0.25, -0.2) is 14.4 Å². The molecule has 1 saturated heterocycles. The van der Waals surface area contributed by atoms with Crippen molar-refractivity contribution >= 4 is 33.4 Å². The smallest absolute Gasteiger partial charge is 0.274 e.